The van der Waals surface area contributed by atoms with Gasteiger partial charge in [0.25, 0.3) is 5.91 Å². The van der Waals surface area contributed by atoms with Crippen molar-refractivity contribution in [3.63, 3.8) is 0 Å². The summed E-state index contributed by atoms with van der Waals surface area (Å²) in [7, 11) is 2.09. The molecule has 1 aliphatic rings. The lowest BCUT2D eigenvalue weighted by Gasteiger charge is -2.32. The number of rotatable bonds is 7. The van der Waals surface area contributed by atoms with Crippen LogP contribution < -0.4 is 4.74 Å². The van der Waals surface area contributed by atoms with Crippen molar-refractivity contribution in [3.05, 3.63) is 87.9 Å². The summed E-state index contributed by atoms with van der Waals surface area (Å²) in [6, 6.07) is 19.5. The number of carbonyl (C=O) groups excluding carboxylic acids is 1. The fourth-order valence-electron chi connectivity index (χ4n) is 4.38. The maximum atomic E-state index is 12.8. The summed E-state index contributed by atoms with van der Waals surface area (Å²) < 4.78 is 7.54. The monoisotopic (exact) mass is 551 g/mol. The molecule has 0 saturated carbocycles. The van der Waals surface area contributed by atoms with E-state index < -0.39 is 5.91 Å². The minimum Gasteiger partial charge on any atom is -0.493 e. The van der Waals surface area contributed by atoms with E-state index in [1.807, 2.05) is 36.4 Å². The highest BCUT2D eigenvalue weighted by atomic mass is 35.5. The van der Waals surface area contributed by atoms with Crippen LogP contribution in [0.3, 0.4) is 0 Å². The highest BCUT2D eigenvalue weighted by Crippen LogP contribution is 2.42. The molecule has 1 amide bonds. The van der Waals surface area contributed by atoms with Crippen LogP contribution in [0.25, 0.3) is 10.9 Å². The first-order valence-electron chi connectivity index (χ1n) is 12.2. The molecule has 4 aromatic rings. The molecular formula is C28H27Cl2N5O3. The Kier molecular flexibility index (Phi) is 7.95. The molecule has 1 fully saturated rings. The summed E-state index contributed by atoms with van der Waals surface area (Å²) in [6.45, 7) is 4.45. The zero-order chi connectivity index (χ0) is 26.6. The smallest absolute Gasteiger partial charge is 0.295 e. The standard InChI is InChI=1S/C28H27Cl2N5O3/c1-33-13-15-34(16-14-33)18-35-24-8-4-7-23(30)25(24)26(28(35)37)31-32-27(36)19-9-11-21(12-10-19)38-17-20-5-2-3-6-22(20)29/h2-12,37H,13-18H2,1H3. The van der Waals surface area contributed by atoms with Crippen LogP contribution in [-0.4, -0.2) is 58.6 Å². The number of likely N-dealkylation sites (N-methyl/N-ethyl adjacent to an activating group) is 1. The molecular weight excluding hydrogens is 525 g/mol. The molecule has 1 saturated heterocycles. The topological polar surface area (TPSA) is 82.7 Å². The van der Waals surface area contributed by atoms with Crippen LogP contribution in [0.4, 0.5) is 5.69 Å². The van der Waals surface area contributed by atoms with Crippen molar-refractivity contribution < 1.29 is 14.6 Å². The van der Waals surface area contributed by atoms with Crippen molar-refractivity contribution in [1.82, 2.24) is 14.4 Å². The SMILES string of the molecule is CN1CCN(Cn2c(O)c(N=NC(=O)c3ccc(OCc4ccccc4Cl)cc3)c3c(Cl)cccc32)CC1. The Morgan fingerprint density at radius 1 is 0.947 bits per heavy atom. The molecule has 0 aliphatic carbocycles. The molecule has 0 unspecified atom stereocenters. The molecule has 0 atom stereocenters. The molecule has 8 nitrogen and oxygen atoms in total. The summed E-state index contributed by atoms with van der Waals surface area (Å²) in [5.74, 6) is -0.0317. The first-order valence-corrected chi connectivity index (χ1v) is 13.0. The summed E-state index contributed by atoms with van der Waals surface area (Å²) in [5, 5.41) is 20.8. The van der Waals surface area contributed by atoms with Gasteiger partial charge in [-0.25, -0.2) is 0 Å². The van der Waals surface area contributed by atoms with E-state index in [4.69, 9.17) is 27.9 Å². The third-order valence-electron chi connectivity index (χ3n) is 6.62. The average molecular weight is 552 g/mol. The molecule has 3 aromatic carbocycles. The summed E-state index contributed by atoms with van der Waals surface area (Å²) >= 11 is 12.7. The van der Waals surface area contributed by atoms with Crippen LogP contribution in [0, 0.1) is 0 Å². The fourth-order valence-corrected chi connectivity index (χ4v) is 4.83. The highest BCUT2D eigenvalue weighted by Gasteiger charge is 2.22. The van der Waals surface area contributed by atoms with Gasteiger partial charge in [0.1, 0.15) is 12.4 Å². The van der Waals surface area contributed by atoms with E-state index in [0.29, 0.717) is 40.0 Å². The fraction of sp³-hybridized carbons (Fsp3) is 0.250. The molecule has 1 aromatic heterocycles. The molecule has 10 heteroatoms. The summed E-state index contributed by atoms with van der Waals surface area (Å²) in [6.07, 6.45) is 0. The van der Waals surface area contributed by atoms with Crippen LogP contribution >= 0.6 is 23.2 Å². The largest absolute Gasteiger partial charge is 0.493 e. The molecule has 1 aliphatic heterocycles. The number of amides is 1. The van der Waals surface area contributed by atoms with Crippen molar-refractivity contribution in [1.29, 1.82) is 0 Å². The van der Waals surface area contributed by atoms with Gasteiger partial charge < -0.3 is 14.7 Å². The number of fused-ring (bicyclic) bond motifs is 1. The number of hydrogen-bond acceptors (Lipinski definition) is 6. The number of piperazine rings is 1. The van der Waals surface area contributed by atoms with Crippen molar-refractivity contribution in [2.24, 2.45) is 10.2 Å². The highest BCUT2D eigenvalue weighted by molar-refractivity contribution is 6.36. The normalized spacial score (nSPS) is 14.9. The van der Waals surface area contributed by atoms with Gasteiger partial charge >= 0.3 is 0 Å². The Bertz CT molecular complexity index is 1480. The molecule has 5 rings (SSSR count). The molecule has 0 bridgehead atoms. The summed E-state index contributed by atoms with van der Waals surface area (Å²) in [5.41, 5.74) is 2.11. The molecule has 0 spiro atoms. The van der Waals surface area contributed by atoms with Crippen LogP contribution in [0.5, 0.6) is 11.6 Å². The van der Waals surface area contributed by atoms with E-state index in [1.54, 1.807) is 34.9 Å². The number of hydrogen-bond donors (Lipinski definition) is 1. The maximum absolute atomic E-state index is 12.8. The van der Waals surface area contributed by atoms with Crippen molar-refractivity contribution >= 4 is 45.7 Å². The molecule has 2 heterocycles. The lowest BCUT2D eigenvalue weighted by Crippen LogP contribution is -2.44. The van der Waals surface area contributed by atoms with Gasteiger partial charge in [0, 0.05) is 42.3 Å². The van der Waals surface area contributed by atoms with Gasteiger partial charge in [-0.15, -0.1) is 10.2 Å². The van der Waals surface area contributed by atoms with Gasteiger partial charge in [-0.2, -0.15) is 0 Å². The number of ether oxygens (including phenoxy) is 1. The number of aromatic nitrogens is 1. The van der Waals surface area contributed by atoms with E-state index in [1.165, 1.54) is 0 Å². The van der Waals surface area contributed by atoms with Crippen molar-refractivity contribution in [3.8, 4) is 11.6 Å². The number of halogens is 2. The lowest BCUT2D eigenvalue weighted by atomic mass is 10.2. The third-order valence-corrected chi connectivity index (χ3v) is 7.30. The van der Waals surface area contributed by atoms with Crippen molar-refractivity contribution in [2.75, 3.05) is 33.2 Å². The first kappa shape index (κ1) is 26.2. The average Bonchev–Trinajstić information content (AvgIpc) is 3.19. The number of azo groups is 1. The zero-order valence-corrected chi connectivity index (χ0v) is 22.4. The van der Waals surface area contributed by atoms with Crippen LogP contribution in [0.2, 0.25) is 10.0 Å². The lowest BCUT2D eigenvalue weighted by molar-refractivity contribution is 0.0995. The molecule has 38 heavy (non-hydrogen) atoms. The van der Waals surface area contributed by atoms with Crippen LogP contribution in [0.15, 0.2) is 77.0 Å². The van der Waals surface area contributed by atoms with E-state index in [2.05, 4.69) is 27.1 Å². The zero-order valence-electron chi connectivity index (χ0n) is 20.8. The van der Waals surface area contributed by atoms with Gasteiger partial charge in [-0.1, -0.05) is 47.5 Å². The minimum atomic E-state index is -0.547. The third kappa shape index (κ3) is 5.68. The number of carbonyl (C=O) groups is 1. The second-order valence-electron chi connectivity index (χ2n) is 9.21. The Morgan fingerprint density at radius 2 is 1.66 bits per heavy atom. The van der Waals surface area contributed by atoms with E-state index >= 15 is 0 Å². The van der Waals surface area contributed by atoms with Gasteiger partial charge in [0.05, 0.1) is 22.6 Å². The Labute approximate surface area is 230 Å². The second-order valence-corrected chi connectivity index (χ2v) is 10.0. The maximum Gasteiger partial charge on any atom is 0.295 e. The van der Waals surface area contributed by atoms with Crippen molar-refractivity contribution in [2.45, 2.75) is 13.3 Å². The molecule has 196 valence electrons. The molecule has 0 radical (unpaired) electrons. The Hall–Kier alpha value is -3.43. The minimum absolute atomic E-state index is 0.0769. The van der Waals surface area contributed by atoms with Gasteiger partial charge in [0.2, 0.25) is 5.88 Å². The number of aromatic hydroxyl groups is 1. The first-order chi connectivity index (χ1) is 18.4. The van der Waals surface area contributed by atoms with Crippen LogP contribution in [0.1, 0.15) is 15.9 Å². The predicted octanol–water partition coefficient (Wildman–Crippen LogP) is 6.36. The van der Waals surface area contributed by atoms with Gasteiger partial charge in [-0.3, -0.25) is 14.3 Å². The Balaban J connectivity index is 1.33. The number of nitrogens with zero attached hydrogens (tertiary/aromatic N) is 5. The van der Waals surface area contributed by atoms with E-state index in [9.17, 15) is 9.90 Å². The van der Waals surface area contributed by atoms with Gasteiger partial charge in [0.15, 0.2) is 5.69 Å². The summed E-state index contributed by atoms with van der Waals surface area (Å²) in [4.78, 5) is 17.3. The van der Waals surface area contributed by atoms with E-state index in [-0.39, 0.29) is 11.6 Å². The number of benzene rings is 3. The quantitative estimate of drug-likeness (QED) is 0.270. The van der Waals surface area contributed by atoms with E-state index in [0.717, 1.165) is 37.3 Å². The molecule has 1 N–H and O–H groups in total. The second kappa shape index (κ2) is 11.5. The predicted molar refractivity (Wildman–Crippen MR) is 149 cm³/mol. The Morgan fingerprint density at radius 3 is 2.39 bits per heavy atom. The van der Waals surface area contributed by atoms with Crippen LogP contribution in [-0.2, 0) is 13.3 Å². The van der Waals surface area contributed by atoms with Gasteiger partial charge in [-0.05, 0) is 49.5 Å².